The molecule has 2 nitrogen and oxygen atoms in total. The van der Waals surface area contributed by atoms with Crippen molar-refractivity contribution in [1.29, 1.82) is 0 Å². The van der Waals surface area contributed by atoms with E-state index in [-0.39, 0.29) is 0 Å². The highest BCUT2D eigenvalue weighted by Crippen LogP contribution is 2.27. The molecule has 1 N–H and O–H groups in total. The lowest BCUT2D eigenvalue weighted by atomic mass is 9.83. The van der Waals surface area contributed by atoms with Crippen molar-refractivity contribution in [2.45, 2.75) is 51.5 Å². The maximum atomic E-state index is 10.2. The standard InChI is InChI=1S/C10H19NO/c1-2-4-9-5-3-6-10(7-9)11-8-12/h8-10H,2-7H2,1H3,(H,11,12). The van der Waals surface area contributed by atoms with Crippen molar-refractivity contribution in [2.75, 3.05) is 0 Å². The lowest BCUT2D eigenvalue weighted by molar-refractivity contribution is -0.110. The molecule has 1 amide bonds. The van der Waals surface area contributed by atoms with E-state index in [2.05, 4.69) is 12.2 Å². The monoisotopic (exact) mass is 169 g/mol. The van der Waals surface area contributed by atoms with E-state index in [0.29, 0.717) is 6.04 Å². The van der Waals surface area contributed by atoms with Crippen LogP contribution in [0.15, 0.2) is 0 Å². The molecular formula is C10H19NO. The van der Waals surface area contributed by atoms with Crippen LogP contribution in [-0.2, 0) is 4.79 Å². The molecule has 0 aromatic heterocycles. The van der Waals surface area contributed by atoms with Gasteiger partial charge in [-0.25, -0.2) is 0 Å². The number of carbonyl (C=O) groups is 1. The lowest BCUT2D eigenvalue weighted by Crippen LogP contribution is -2.33. The van der Waals surface area contributed by atoms with Crippen LogP contribution in [0, 0.1) is 5.92 Å². The predicted molar refractivity (Wildman–Crippen MR) is 49.9 cm³/mol. The second-order valence-electron chi connectivity index (χ2n) is 3.80. The van der Waals surface area contributed by atoms with Crippen LogP contribution in [0.25, 0.3) is 0 Å². The number of hydrogen-bond donors (Lipinski definition) is 1. The molecule has 2 unspecified atom stereocenters. The maximum absolute atomic E-state index is 10.2. The van der Waals surface area contributed by atoms with Crippen molar-refractivity contribution < 1.29 is 4.79 Å². The summed E-state index contributed by atoms with van der Waals surface area (Å²) in [5.41, 5.74) is 0. The van der Waals surface area contributed by atoms with E-state index in [9.17, 15) is 4.79 Å². The van der Waals surface area contributed by atoms with Gasteiger partial charge < -0.3 is 5.32 Å². The fourth-order valence-corrected chi connectivity index (χ4v) is 2.21. The summed E-state index contributed by atoms with van der Waals surface area (Å²) in [4.78, 5) is 10.2. The number of carbonyl (C=O) groups excluding carboxylic acids is 1. The minimum absolute atomic E-state index is 0.466. The Morgan fingerprint density at radius 1 is 1.50 bits per heavy atom. The average Bonchev–Trinajstić information content (AvgIpc) is 2.06. The van der Waals surface area contributed by atoms with Crippen LogP contribution in [0.5, 0.6) is 0 Å². The van der Waals surface area contributed by atoms with Gasteiger partial charge in [-0.15, -0.1) is 0 Å². The van der Waals surface area contributed by atoms with Crippen molar-refractivity contribution in [3.05, 3.63) is 0 Å². The summed E-state index contributed by atoms with van der Waals surface area (Å²) >= 11 is 0. The first-order valence-corrected chi connectivity index (χ1v) is 5.06. The van der Waals surface area contributed by atoms with Crippen LogP contribution in [0.3, 0.4) is 0 Å². The average molecular weight is 169 g/mol. The third-order valence-corrected chi connectivity index (χ3v) is 2.78. The van der Waals surface area contributed by atoms with E-state index >= 15 is 0 Å². The quantitative estimate of drug-likeness (QED) is 0.641. The summed E-state index contributed by atoms with van der Waals surface area (Å²) in [5, 5.41) is 2.89. The fourth-order valence-electron chi connectivity index (χ4n) is 2.21. The molecule has 1 fully saturated rings. The van der Waals surface area contributed by atoms with Crippen molar-refractivity contribution in [3.8, 4) is 0 Å². The molecular weight excluding hydrogens is 150 g/mol. The Morgan fingerprint density at radius 2 is 2.33 bits per heavy atom. The smallest absolute Gasteiger partial charge is 0.207 e. The zero-order valence-corrected chi connectivity index (χ0v) is 7.88. The van der Waals surface area contributed by atoms with Crippen LogP contribution in [-0.4, -0.2) is 12.5 Å². The van der Waals surface area contributed by atoms with Crippen LogP contribution in [0.4, 0.5) is 0 Å². The third-order valence-electron chi connectivity index (χ3n) is 2.78. The van der Waals surface area contributed by atoms with Gasteiger partial charge in [-0.3, -0.25) is 4.79 Å². The summed E-state index contributed by atoms with van der Waals surface area (Å²) in [7, 11) is 0. The first-order chi connectivity index (χ1) is 5.86. The molecule has 0 aromatic rings. The van der Waals surface area contributed by atoms with E-state index in [1.165, 1.54) is 38.5 Å². The molecule has 0 aromatic carbocycles. The van der Waals surface area contributed by atoms with Gasteiger partial charge in [0, 0.05) is 6.04 Å². The Bertz CT molecular complexity index is 134. The van der Waals surface area contributed by atoms with Crippen molar-refractivity contribution in [3.63, 3.8) is 0 Å². The molecule has 70 valence electrons. The second kappa shape index (κ2) is 5.18. The summed E-state index contributed by atoms with van der Waals surface area (Å²) in [6.07, 6.45) is 8.49. The van der Waals surface area contributed by atoms with Crippen LogP contribution in [0.1, 0.15) is 45.4 Å². The molecule has 1 saturated carbocycles. The fraction of sp³-hybridized carbons (Fsp3) is 0.900. The molecule has 1 aliphatic rings. The number of amides is 1. The highest BCUT2D eigenvalue weighted by molar-refractivity contribution is 5.46. The zero-order chi connectivity index (χ0) is 8.81. The Labute approximate surface area is 74.7 Å². The van der Waals surface area contributed by atoms with Gasteiger partial charge >= 0.3 is 0 Å². The molecule has 0 heterocycles. The zero-order valence-electron chi connectivity index (χ0n) is 7.88. The molecule has 12 heavy (non-hydrogen) atoms. The molecule has 1 aliphatic carbocycles. The van der Waals surface area contributed by atoms with Gasteiger partial charge in [0.2, 0.25) is 6.41 Å². The summed E-state index contributed by atoms with van der Waals surface area (Å²) in [6.45, 7) is 2.23. The highest BCUT2D eigenvalue weighted by atomic mass is 16.1. The van der Waals surface area contributed by atoms with Crippen LogP contribution < -0.4 is 5.32 Å². The van der Waals surface area contributed by atoms with E-state index in [0.717, 1.165) is 12.3 Å². The Morgan fingerprint density at radius 3 is 3.00 bits per heavy atom. The van der Waals surface area contributed by atoms with Crippen LogP contribution >= 0.6 is 0 Å². The Hall–Kier alpha value is -0.530. The molecule has 0 saturated heterocycles. The summed E-state index contributed by atoms with van der Waals surface area (Å²) < 4.78 is 0. The molecule has 2 heteroatoms. The minimum atomic E-state index is 0.466. The van der Waals surface area contributed by atoms with Crippen LogP contribution in [0.2, 0.25) is 0 Å². The molecule has 0 radical (unpaired) electrons. The lowest BCUT2D eigenvalue weighted by Gasteiger charge is -2.28. The first-order valence-electron chi connectivity index (χ1n) is 5.06. The molecule has 0 bridgehead atoms. The minimum Gasteiger partial charge on any atom is -0.356 e. The van der Waals surface area contributed by atoms with Gasteiger partial charge in [0.05, 0.1) is 0 Å². The molecule has 0 spiro atoms. The third kappa shape index (κ3) is 2.84. The number of hydrogen-bond acceptors (Lipinski definition) is 1. The maximum Gasteiger partial charge on any atom is 0.207 e. The van der Waals surface area contributed by atoms with Gasteiger partial charge in [0.15, 0.2) is 0 Å². The first kappa shape index (κ1) is 9.56. The van der Waals surface area contributed by atoms with E-state index in [1.54, 1.807) is 0 Å². The molecule has 2 atom stereocenters. The van der Waals surface area contributed by atoms with E-state index in [4.69, 9.17) is 0 Å². The van der Waals surface area contributed by atoms with Gasteiger partial charge in [-0.2, -0.15) is 0 Å². The van der Waals surface area contributed by atoms with Gasteiger partial charge in [0.1, 0.15) is 0 Å². The number of nitrogens with one attached hydrogen (secondary N) is 1. The molecule has 0 aliphatic heterocycles. The van der Waals surface area contributed by atoms with Gasteiger partial charge in [-0.1, -0.05) is 32.6 Å². The topological polar surface area (TPSA) is 29.1 Å². The number of rotatable bonds is 4. The molecule has 1 rings (SSSR count). The summed E-state index contributed by atoms with van der Waals surface area (Å²) in [5.74, 6) is 0.862. The SMILES string of the molecule is CCCC1CCCC(NC=O)C1. The van der Waals surface area contributed by atoms with Crippen molar-refractivity contribution >= 4 is 6.41 Å². The Balaban J connectivity index is 2.24. The highest BCUT2D eigenvalue weighted by Gasteiger charge is 2.20. The predicted octanol–water partition coefficient (Wildman–Crippen LogP) is 2.09. The van der Waals surface area contributed by atoms with Gasteiger partial charge in [-0.05, 0) is 18.8 Å². The van der Waals surface area contributed by atoms with Crippen molar-refractivity contribution in [2.24, 2.45) is 5.92 Å². The van der Waals surface area contributed by atoms with E-state index < -0.39 is 0 Å². The van der Waals surface area contributed by atoms with E-state index in [1.807, 2.05) is 0 Å². The van der Waals surface area contributed by atoms with Crippen molar-refractivity contribution in [1.82, 2.24) is 5.32 Å². The largest absolute Gasteiger partial charge is 0.356 e. The summed E-state index contributed by atoms with van der Waals surface area (Å²) in [6, 6.07) is 0.466. The van der Waals surface area contributed by atoms with Gasteiger partial charge in [0.25, 0.3) is 0 Å². The second-order valence-corrected chi connectivity index (χ2v) is 3.80. The normalized spacial score (nSPS) is 29.8. The Kier molecular flexibility index (Phi) is 4.12.